The van der Waals surface area contributed by atoms with Crippen molar-refractivity contribution in [3.05, 3.63) is 29.3 Å². The predicted octanol–water partition coefficient (Wildman–Crippen LogP) is 3.39. The summed E-state index contributed by atoms with van der Waals surface area (Å²) in [5, 5.41) is 3.21. The fourth-order valence-electron chi connectivity index (χ4n) is 1.59. The predicted molar refractivity (Wildman–Crippen MR) is 66.6 cm³/mol. The van der Waals surface area contributed by atoms with Gasteiger partial charge >= 0.3 is 0 Å². The van der Waals surface area contributed by atoms with Gasteiger partial charge in [0.25, 0.3) is 0 Å². The highest BCUT2D eigenvalue weighted by molar-refractivity contribution is 5.36. The van der Waals surface area contributed by atoms with E-state index >= 15 is 0 Å². The largest absolute Gasteiger partial charge is 0.487 e. The molecule has 0 heterocycles. The molecule has 2 rings (SSSR count). The van der Waals surface area contributed by atoms with E-state index < -0.39 is 11.6 Å². The van der Waals surface area contributed by atoms with Crippen LogP contribution in [-0.4, -0.2) is 11.6 Å². The summed E-state index contributed by atoms with van der Waals surface area (Å²) in [5.41, 5.74) is 0.425. The zero-order valence-electron chi connectivity index (χ0n) is 11.0. The van der Waals surface area contributed by atoms with Crippen LogP contribution in [0.4, 0.5) is 8.78 Å². The first-order valence-electron chi connectivity index (χ1n) is 6.25. The number of nitrogens with one attached hydrogen (secondary N) is 1. The molecule has 0 radical (unpaired) electrons. The Morgan fingerprint density at radius 2 is 1.94 bits per heavy atom. The SMILES string of the molecule is CC(C)(C)NCc1cc(F)cc(F)c1OC1CC1. The number of rotatable bonds is 4. The van der Waals surface area contributed by atoms with Crippen LogP contribution in [0.25, 0.3) is 0 Å². The van der Waals surface area contributed by atoms with Crippen molar-refractivity contribution in [1.29, 1.82) is 0 Å². The summed E-state index contributed by atoms with van der Waals surface area (Å²) in [6.45, 7) is 6.40. The van der Waals surface area contributed by atoms with Gasteiger partial charge in [0.05, 0.1) is 6.10 Å². The lowest BCUT2D eigenvalue weighted by Crippen LogP contribution is -2.35. The Labute approximate surface area is 106 Å². The molecular formula is C14H19F2NO. The van der Waals surface area contributed by atoms with Crippen LogP contribution in [0.15, 0.2) is 12.1 Å². The first-order valence-corrected chi connectivity index (χ1v) is 6.25. The van der Waals surface area contributed by atoms with Gasteiger partial charge in [-0.15, -0.1) is 0 Å². The van der Waals surface area contributed by atoms with Crippen LogP contribution in [0.2, 0.25) is 0 Å². The number of hydrogen-bond donors (Lipinski definition) is 1. The molecule has 4 heteroatoms. The van der Waals surface area contributed by atoms with Gasteiger partial charge in [-0.2, -0.15) is 0 Å². The lowest BCUT2D eigenvalue weighted by molar-refractivity contribution is 0.280. The zero-order chi connectivity index (χ0) is 13.3. The zero-order valence-corrected chi connectivity index (χ0v) is 11.0. The van der Waals surface area contributed by atoms with Crippen LogP contribution in [0.3, 0.4) is 0 Å². The van der Waals surface area contributed by atoms with Crippen LogP contribution in [0, 0.1) is 11.6 Å². The average molecular weight is 255 g/mol. The molecule has 1 aliphatic carbocycles. The molecule has 1 saturated carbocycles. The molecule has 0 spiro atoms. The molecule has 0 aromatic heterocycles. The van der Waals surface area contributed by atoms with Gasteiger partial charge in [0.2, 0.25) is 0 Å². The fraction of sp³-hybridized carbons (Fsp3) is 0.571. The molecule has 0 amide bonds. The Hall–Kier alpha value is -1.16. The Morgan fingerprint density at radius 3 is 2.50 bits per heavy atom. The number of hydrogen-bond acceptors (Lipinski definition) is 2. The van der Waals surface area contributed by atoms with Crippen molar-refractivity contribution < 1.29 is 13.5 Å². The lowest BCUT2D eigenvalue weighted by atomic mass is 10.1. The molecule has 0 unspecified atom stereocenters. The lowest BCUT2D eigenvalue weighted by Gasteiger charge is -2.22. The maximum Gasteiger partial charge on any atom is 0.168 e. The van der Waals surface area contributed by atoms with E-state index in [-0.39, 0.29) is 17.4 Å². The Bertz CT molecular complexity index is 436. The first-order chi connectivity index (χ1) is 8.35. The van der Waals surface area contributed by atoms with E-state index in [1.165, 1.54) is 6.07 Å². The monoisotopic (exact) mass is 255 g/mol. The van der Waals surface area contributed by atoms with Gasteiger partial charge in [0.1, 0.15) is 5.82 Å². The van der Waals surface area contributed by atoms with E-state index in [4.69, 9.17) is 4.74 Å². The van der Waals surface area contributed by atoms with E-state index in [9.17, 15) is 8.78 Å². The van der Waals surface area contributed by atoms with Crippen molar-refractivity contribution in [3.8, 4) is 5.75 Å². The molecule has 1 fully saturated rings. The van der Waals surface area contributed by atoms with Gasteiger partial charge in [-0.25, -0.2) is 8.78 Å². The summed E-state index contributed by atoms with van der Waals surface area (Å²) < 4.78 is 32.5. The molecule has 0 bridgehead atoms. The minimum absolute atomic E-state index is 0.0957. The maximum atomic E-state index is 13.7. The molecule has 0 saturated heterocycles. The minimum atomic E-state index is -0.618. The van der Waals surface area contributed by atoms with Crippen molar-refractivity contribution >= 4 is 0 Å². The van der Waals surface area contributed by atoms with Crippen molar-refractivity contribution in [3.63, 3.8) is 0 Å². The van der Waals surface area contributed by atoms with Gasteiger partial charge < -0.3 is 10.1 Å². The molecule has 1 N–H and O–H groups in total. The molecule has 1 aromatic carbocycles. The molecule has 0 atom stereocenters. The van der Waals surface area contributed by atoms with E-state index in [1.807, 2.05) is 20.8 Å². The third-order valence-corrected chi connectivity index (χ3v) is 2.70. The van der Waals surface area contributed by atoms with Crippen LogP contribution < -0.4 is 10.1 Å². The van der Waals surface area contributed by atoms with Crippen LogP contribution >= 0.6 is 0 Å². The second kappa shape index (κ2) is 4.84. The summed E-state index contributed by atoms with van der Waals surface area (Å²) in [5.74, 6) is -0.996. The molecule has 1 aromatic rings. The number of ether oxygens (including phenoxy) is 1. The molecule has 100 valence electrons. The fourth-order valence-corrected chi connectivity index (χ4v) is 1.59. The second-order valence-electron chi connectivity index (χ2n) is 5.80. The summed E-state index contributed by atoms with van der Waals surface area (Å²) in [6, 6.07) is 2.21. The highest BCUT2D eigenvalue weighted by Crippen LogP contribution is 2.32. The topological polar surface area (TPSA) is 21.3 Å². The second-order valence-corrected chi connectivity index (χ2v) is 5.80. The van der Waals surface area contributed by atoms with Crippen molar-refractivity contribution in [1.82, 2.24) is 5.32 Å². The third kappa shape index (κ3) is 3.67. The smallest absolute Gasteiger partial charge is 0.168 e. The highest BCUT2D eigenvalue weighted by atomic mass is 19.1. The van der Waals surface area contributed by atoms with E-state index in [0.29, 0.717) is 12.1 Å². The summed E-state index contributed by atoms with van der Waals surface area (Å²) in [7, 11) is 0. The van der Waals surface area contributed by atoms with Crippen molar-refractivity contribution in [2.75, 3.05) is 0 Å². The molecule has 18 heavy (non-hydrogen) atoms. The Balaban J connectivity index is 2.19. The third-order valence-electron chi connectivity index (χ3n) is 2.70. The van der Waals surface area contributed by atoms with Crippen molar-refractivity contribution in [2.24, 2.45) is 0 Å². The number of halogens is 2. The summed E-state index contributed by atoms with van der Waals surface area (Å²) >= 11 is 0. The van der Waals surface area contributed by atoms with E-state index in [1.54, 1.807) is 0 Å². The Morgan fingerprint density at radius 1 is 1.28 bits per heavy atom. The normalized spacial score (nSPS) is 15.8. The maximum absolute atomic E-state index is 13.7. The molecule has 0 aliphatic heterocycles. The quantitative estimate of drug-likeness (QED) is 0.890. The summed E-state index contributed by atoms with van der Waals surface area (Å²) in [6.07, 6.45) is 1.99. The molecule has 2 nitrogen and oxygen atoms in total. The first kappa shape index (κ1) is 13.3. The van der Waals surface area contributed by atoms with Gasteiger partial charge in [0, 0.05) is 23.7 Å². The van der Waals surface area contributed by atoms with Gasteiger partial charge in [-0.1, -0.05) is 0 Å². The van der Waals surface area contributed by atoms with Crippen LogP contribution in [0.5, 0.6) is 5.75 Å². The summed E-state index contributed by atoms with van der Waals surface area (Å²) in [4.78, 5) is 0. The van der Waals surface area contributed by atoms with E-state index in [2.05, 4.69) is 5.32 Å². The molecule has 1 aliphatic rings. The molecular weight excluding hydrogens is 236 g/mol. The van der Waals surface area contributed by atoms with E-state index in [0.717, 1.165) is 18.9 Å². The highest BCUT2D eigenvalue weighted by Gasteiger charge is 2.26. The standard InChI is InChI=1S/C14H19F2NO/c1-14(2,3)17-8-9-6-10(15)7-12(16)13(9)18-11-4-5-11/h6-7,11,17H,4-5,8H2,1-3H3. The minimum Gasteiger partial charge on any atom is -0.487 e. The average Bonchev–Trinajstić information content (AvgIpc) is 3.02. The Kier molecular flexibility index (Phi) is 3.57. The van der Waals surface area contributed by atoms with Crippen LogP contribution in [-0.2, 0) is 6.54 Å². The van der Waals surface area contributed by atoms with Crippen LogP contribution in [0.1, 0.15) is 39.2 Å². The number of benzene rings is 1. The van der Waals surface area contributed by atoms with Gasteiger partial charge in [-0.3, -0.25) is 0 Å². The van der Waals surface area contributed by atoms with Crippen molar-refractivity contribution in [2.45, 2.75) is 51.8 Å². The van der Waals surface area contributed by atoms with Gasteiger partial charge in [0.15, 0.2) is 11.6 Å². The van der Waals surface area contributed by atoms with Gasteiger partial charge in [-0.05, 0) is 39.7 Å².